The number of nitrogens with zero attached hydrogens (tertiary/aromatic N) is 2. The maximum atomic E-state index is 10.9. The first kappa shape index (κ1) is 12.9. The number of ether oxygens (including phenoxy) is 2. The monoisotopic (exact) mass is 262 g/mol. The van der Waals surface area contributed by atoms with Crippen molar-refractivity contribution in [3.63, 3.8) is 0 Å². The molecule has 0 saturated carbocycles. The summed E-state index contributed by atoms with van der Waals surface area (Å²) in [6, 6.07) is 7.38. The highest BCUT2D eigenvalue weighted by atomic mass is 16.6. The van der Waals surface area contributed by atoms with Crippen LogP contribution >= 0.6 is 0 Å². The van der Waals surface area contributed by atoms with Crippen molar-refractivity contribution in [2.45, 2.75) is 6.54 Å². The van der Waals surface area contributed by atoms with E-state index in [4.69, 9.17) is 4.74 Å². The van der Waals surface area contributed by atoms with Crippen molar-refractivity contribution in [1.29, 1.82) is 0 Å². The smallest absolute Gasteiger partial charge is 0.343 e. The van der Waals surface area contributed by atoms with Crippen molar-refractivity contribution < 1.29 is 14.3 Å². The largest absolute Gasteiger partial charge is 0.482 e. The molecule has 0 saturated heterocycles. The van der Waals surface area contributed by atoms with Crippen LogP contribution in [0.4, 0.5) is 5.95 Å². The fraction of sp³-hybridized carbons (Fsp3) is 0.250. The van der Waals surface area contributed by atoms with E-state index in [9.17, 15) is 4.79 Å². The molecule has 2 N–H and O–H groups in total. The maximum absolute atomic E-state index is 10.9. The Morgan fingerprint density at radius 3 is 2.79 bits per heavy atom. The normalized spacial score (nSPS) is 9.95. The zero-order chi connectivity index (χ0) is 13.5. The van der Waals surface area contributed by atoms with E-state index in [-0.39, 0.29) is 6.61 Å². The summed E-state index contributed by atoms with van der Waals surface area (Å²) in [5, 5.41) is 9.52. The topological polar surface area (TPSA) is 89.1 Å². The first-order chi connectivity index (χ1) is 9.28. The Hall–Kier alpha value is -2.57. The summed E-state index contributed by atoms with van der Waals surface area (Å²) in [5.74, 6) is 0.830. The molecular weight excluding hydrogens is 248 g/mol. The van der Waals surface area contributed by atoms with Crippen LogP contribution in [0.5, 0.6) is 5.75 Å². The second kappa shape index (κ2) is 6.39. The van der Waals surface area contributed by atoms with E-state index in [1.54, 1.807) is 12.1 Å². The number of carbonyl (C=O) groups excluding carboxylic acids is 1. The average Bonchev–Trinajstić information content (AvgIpc) is 2.97. The maximum Gasteiger partial charge on any atom is 0.343 e. The highest BCUT2D eigenvalue weighted by Crippen LogP contribution is 2.12. The summed E-state index contributed by atoms with van der Waals surface area (Å²) >= 11 is 0. The molecule has 2 rings (SSSR count). The number of benzene rings is 1. The van der Waals surface area contributed by atoms with Gasteiger partial charge in [0.2, 0.25) is 5.95 Å². The van der Waals surface area contributed by atoms with E-state index in [1.807, 2.05) is 12.1 Å². The number of nitrogens with one attached hydrogen (secondary N) is 2. The standard InChI is InChI=1S/C12H14N4O3/c1-18-11(17)7-19-10-4-2-9(3-5-10)6-13-12-14-8-15-16-12/h2-5,8H,6-7H2,1H3,(H2,13,14,15,16). The minimum atomic E-state index is -0.406. The molecule has 7 heteroatoms. The number of rotatable bonds is 6. The lowest BCUT2D eigenvalue weighted by Crippen LogP contribution is -2.12. The number of anilines is 1. The van der Waals surface area contributed by atoms with Gasteiger partial charge >= 0.3 is 5.97 Å². The number of esters is 1. The van der Waals surface area contributed by atoms with Crippen LogP contribution in [0.3, 0.4) is 0 Å². The Labute approximate surface area is 110 Å². The SMILES string of the molecule is COC(=O)COc1ccc(CNc2ncn[nH]2)cc1. The molecule has 100 valence electrons. The lowest BCUT2D eigenvalue weighted by Gasteiger charge is -2.06. The van der Waals surface area contributed by atoms with Crippen LogP contribution in [-0.4, -0.2) is 34.9 Å². The van der Waals surface area contributed by atoms with Gasteiger partial charge in [-0.3, -0.25) is 0 Å². The predicted molar refractivity (Wildman–Crippen MR) is 67.7 cm³/mol. The molecule has 0 amide bonds. The van der Waals surface area contributed by atoms with Crippen LogP contribution in [0.1, 0.15) is 5.56 Å². The third-order valence-corrected chi connectivity index (χ3v) is 2.38. The lowest BCUT2D eigenvalue weighted by atomic mass is 10.2. The summed E-state index contributed by atoms with van der Waals surface area (Å²) in [4.78, 5) is 14.9. The van der Waals surface area contributed by atoms with Crippen molar-refractivity contribution in [1.82, 2.24) is 15.2 Å². The zero-order valence-electron chi connectivity index (χ0n) is 10.4. The fourth-order valence-electron chi connectivity index (χ4n) is 1.38. The number of aromatic nitrogens is 3. The van der Waals surface area contributed by atoms with Gasteiger partial charge in [0.1, 0.15) is 12.1 Å². The summed E-state index contributed by atoms with van der Waals surface area (Å²) in [7, 11) is 1.32. The van der Waals surface area contributed by atoms with E-state index in [0.29, 0.717) is 18.2 Å². The van der Waals surface area contributed by atoms with Crippen molar-refractivity contribution >= 4 is 11.9 Å². The number of methoxy groups -OCH3 is 1. The van der Waals surface area contributed by atoms with Crippen LogP contribution in [0.2, 0.25) is 0 Å². The summed E-state index contributed by atoms with van der Waals surface area (Å²) in [5.41, 5.74) is 1.06. The van der Waals surface area contributed by atoms with Gasteiger partial charge in [0.05, 0.1) is 7.11 Å². The lowest BCUT2D eigenvalue weighted by molar-refractivity contribution is -0.142. The summed E-state index contributed by atoms with van der Waals surface area (Å²) in [6.07, 6.45) is 1.44. The van der Waals surface area contributed by atoms with Gasteiger partial charge < -0.3 is 14.8 Å². The average molecular weight is 262 g/mol. The Bertz CT molecular complexity index is 510. The Balaban J connectivity index is 1.82. The van der Waals surface area contributed by atoms with Gasteiger partial charge in [-0.15, -0.1) is 0 Å². The van der Waals surface area contributed by atoms with E-state index in [2.05, 4.69) is 25.2 Å². The summed E-state index contributed by atoms with van der Waals surface area (Å²) < 4.78 is 9.73. The molecule has 0 unspecified atom stereocenters. The third-order valence-electron chi connectivity index (χ3n) is 2.38. The molecular formula is C12H14N4O3. The number of hydrogen-bond donors (Lipinski definition) is 2. The molecule has 19 heavy (non-hydrogen) atoms. The van der Waals surface area contributed by atoms with E-state index in [1.165, 1.54) is 13.4 Å². The van der Waals surface area contributed by atoms with Gasteiger partial charge in [-0.25, -0.2) is 14.9 Å². The fourth-order valence-corrected chi connectivity index (χ4v) is 1.38. The molecule has 0 bridgehead atoms. The highest BCUT2D eigenvalue weighted by Gasteiger charge is 2.02. The first-order valence-corrected chi connectivity index (χ1v) is 5.65. The highest BCUT2D eigenvalue weighted by molar-refractivity contribution is 5.70. The van der Waals surface area contributed by atoms with Crippen molar-refractivity contribution in [2.24, 2.45) is 0 Å². The van der Waals surface area contributed by atoms with E-state index < -0.39 is 5.97 Å². The number of carbonyl (C=O) groups is 1. The van der Waals surface area contributed by atoms with E-state index in [0.717, 1.165) is 5.56 Å². The zero-order valence-corrected chi connectivity index (χ0v) is 10.4. The van der Waals surface area contributed by atoms with Crippen LogP contribution < -0.4 is 10.1 Å². The van der Waals surface area contributed by atoms with Gasteiger partial charge in [0.15, 0.2) is 6.61 Å². The second-order valence-corrected chi connectivity index (χ2v) is 3.70. The second-order valence-electron chi connectivity index (χ2n) is 3.70. The van der Waals surface area contributed by atoms with Crippen molar-refractivity contribution in [2.75, 3.05) is 19.0 Å². The number of aromatic amines is 1. The molecule has 0 fully saturated rings. The molecule has 2 aromatic rings. The van der Waals surface area contributed by atoms with Crippen molar-refractivity contribution in [3.05, 3.63) is 36.2 Å². The minimum absolute atomic E-state index is 0.0911. The van der Waals surface area contributed by atoms with Gasteiger partial charge in [-0.05, 0) is 17.7 Å². The molecule has 0 aliphatic carbocycles. The van der Waals surface area contributed by atoms with Crippen LogP contribution in [0, 0.1) is 0 Å². The Morgan fingerprint density at radius 2 is 2.16 bits per heavy atom. The molecule has 1 heterocycles. The van der Waals surface area contributed by atoms with Crippen LogP contribution in [0.25, 0.3) is 0 Å². The first-order valence-electron chi connectivity index (χ1n) is 5.65. The Kier molecular flexibility index (Phi) is 4.33. The molecule has 7 nitrogen and oxygen atoms in total. The Morgan fingerprint density at radius 1 is 1.37 bits per heavy atom. The molecule has 0 radical (unpaired) electrons. The molecule has 1 aromatic carbocycles. The molecule has 0 aliphatic heterocycles. The molecule has 0 atom stereocenters. The minimum Gasteiger partial charge on any atom is -0.482 e. The van der Waals surface area contributed by atoms with E-state index >= 15 is 0 Å². The van der Waals surface area contributed by atoms with Gasteiger partial charge in [0, 0.05) is 6.54 Å². The predicted octanol–water partition coefficient (Wildman–Crippen LogP) is 0.969. The van der Waals surface area contributed by atoms with Crippen LogP contribution in [-0.2, 0) is 16.1 Å². The van der Waals surface area contributed by atoms with Crippen LogP contribution in [0.15, 0.2) is 30.6 Å². The van der Waals surface area contributed by atoms with Gasteiger partial charge in [0.25, 0.3) is 0 Å². The van der Waals surface area contributed by atoms with Crippen molar-refractivity contribution in [3.8, 4) is 5.75 Å². The number of H-pyrrole nitrogens is 1. The molecule has 0 spiro atoms. The molecule has 0 aliphatic rings. The number of hydrogen-bond acceptors (Lipinski definition) is 6. The third kappa shape index (κ3) is 3.98. The summed E-state index contributed by atoms with van der Waals surface area (Å²) in [6.45, 7) is 0.526. The van der Waals surface area contributed by atoms with Gasteiger partial charge in [-0.1, -0.05) is 12.1 Å². The molecule has 1 aromatic heterocycles. The van der Waals surface area contributed by atoms with Gasteiger partial charge in [-0.2, -0.15) is 5.10 Å². The quantitative estimate of drug-likeness (QED) is 0.754.